The first kappa shape index (κ1) is 24.2. The Morgan fingerprint density at radius 3 is 2.44 bits per heavy atom. The molecule has 5 rings (SSSR count). The lowest BCUT2D eigenvalue weighted by Gasteiger charge is -2.17. The van der Waals surface area contributed by atoms with Crippen LogP contribution in [0.3, 0.4) is 0 Å². The number of aromatic nitrogens is 4. The van der Waals surface area contributed by atoms with Crippen LogP contribution in [0.2, 0.25) is 0 Å². The minimum absolute atomic E-state index is 0.132. The number of fused-ring (bicyclic) bond motifs is 1. The van der Waals surface area contributed by atoms with E-state index in [0.29, 0.717) is 22.3 Å². The van der Waals surface area contributed by atoms with E-state index in [1.165, 1.54) is 5.56 Å². The molecule has 0 aliphatic rings. The third-order valence-electron chi connectivity index (χ3n) is 5.77. The minimum Gasteiger partial charge on any atom is -0.273 e. The molecule has 2 aromatic heterocycles. The fourth-order valence-electron chi connectivity index (χ4n) is 3.96. The summed E-state index contributed by atoms with van der Waals surface area (Å²) in [5, 5.41) is 10.3. The Bertz CT molecular complexity index is 1600. The number of nitrogens with zero attached hydrogens (tertiary/aromatic N) is 4. The van der Waals surface area contributed by atoms with Crippen LogP contribution in [0, 0.1) is 6.92 Å². The topological polar surface area (TPSA) is 89.8 Å². The molecule has 5 aromatic rings. The minimum atomic E-state index is -3.89. The average Bonchev–Trinajstić information content (AvgIpc) is 3.32. The first-order valence-corrected chi connectivity index (χ1v) is 13.9. The lowest BCUT2D eigenvalue weighted by Crippen LogP contribution is -2.29. The van der Waals surface area contributed by atoms with E-state index in [1.54, 1.807) is 43.1 Å². The Kier molecular flexibility index (Phi) is 6.86. The Balaban J connectivity index is 1.49. The number of hydrogen-bond donors (Lipinski definition) is 1. The van der Waals surface area contributed by atoms with Gasteiger partial charge in [0.15, 0.2) is 11.0 Å². The van der Waals surface area contributed by atoms with Gasteiger partial charge in [0.2, 0.25) is 10.0 Å². The molecule has 0 amide bonds. The quantitative estimate of drug-likeness (QED) is 0.276. The summed E-state index contributed by atoms with van der Waals surface area (Å²) in [7, 11) is -3.89. The SMILES string of the molecule is Cc1ccc(-n2c(SCc3ccccc3)nnc2C(C)NS(=O)(=O)c2cccc3cccnc23)cc1. The van der Waals surface area contributed by atoms with E-state index in [2.05, 4.69) is 32.0 Å². The van der Waals surface area contributed by atoms with E-state index in [0.717, 1.165) is 16.6 Å². The molecule has 1 atom stereocenters. The number of sulfonamides is 1. The monoisotopic (exact) mass is 515 g/mol. The van der Waals surface area contributed by atoms with Crippen LogP contribution in [0.4, 0.5) is 0 Å². The summed E-state index contributed by atoms with van der Waals surface area (Å²) in [5.74, 6) is 1.22. The number of rotatable bonds is 8. The standard InChI is InChI=1S/C27H25N5O2S2/c1-19-13-15-23(16-14-19)32-26(29-30-27(32)35-18-21-8-4-3-5-9-21)20(2)31-36(33,34)24-12-6-10-22-11-7-17-28-25(22)24/h3-17,20,31H,18H2,1-2H3. The maximum Gasteiger partial charge on any atom is 0.243 e. The molecule has 0 aliphatic heterocycles. The van der Waals surface area contributed by atoms with Crippen molar-refractivity contribution in [2.24, 2.45) is 0 Å². The zero-order chi connectivity index (χ0) is 25.1. The highest BCUT2D eigenvalue weighted by atomic mass is 32.2. The molecular formula is C27H25N5O2S2. The summed E-state index contributed by atoms with van der Waals surface area (Å²) in [4.78, 5) is 4.43. The van der Waals surface area contributed by atoms with Crippen LogP contribution in [0.25, 0.3) is 16.6 Å². The Morgan fingerprint density at radius 1 is 0.917 bits per heavy atom. The summed E-state index contributed by atoms with van der Waals surface area (Å²) in [6, 6.07) is 26.2. The number of pyridine rings is 1. The molecule has 1 N–H and O–H groups in total. The van der Waals surface area contributed by atoms with Gasteiger partial charge in [-0.1, -0.05) is 78.0 Å². The largest absolute Gasteiger partial charge is 0.273 e. The molecule has 0 radical (unpaired) electrons. The van der Waals surface area contributed by atoms with Crippen LogP contribution in [0.1, 0.15) is 29.9 Å². The zero-order valence-corrected chi connectivity index (χ0v) is 21.5. The molecule has 182 valence electrons. The summed E-state index contributed by atoms with van der Waals surface area (Å²) in [6.07, 6.45) is 1.59. The normalized spacial score (nSPS) is 12.6. The molecule has 0 aliphatic carbocycles. The van der Waals surface area contributed by atoms with Gasteiger partial charge < -0.3 is 0 Å². The summed E-state index contributed by atoms with van der Waals surface area (Å²) in [5.41, 5.74) is 3.59. The molecule has 9 heteroatoms. The van der Waals surface area contributed by atoms with Crippen molar-refractivity contribution in [2.45, 2.75) is 35.7 Å². The molecule has 0 saturated heterocycles. The highest BCUT2D eigenvalue weighted by molar-refractivity contribution is 7.98. The Morgan fingerprint density at radius 2 is 1.67 bits per heavy atom. The van der Waals surface area contributed by atoms with Crippen LogP contribution in [0.15, 0.2) is 101 Å². The van der Waals surface area contributed by atoms with Crippen molar-refractivity contribution >= 4 is 32.7 Å². The van der Waals surface area contributed by atoms with Crippen molar-refractivity contribution in [3.63, 3.8) is 0 Å². The van der Waals surface area contributed by atoms with E-state index < -0.39 is 16.1 Å². The second-order valence-corrected chi connectivity index (χ2v) is 11.1. The predicted octanol–water partition coefficient (Wildman–Crippen LogP) is 5.46. The number of aryl methyl sites for hydroxylation is 1. The van der Waals surface area contributed by atoms with Crippen molar-refractivity contribution < 1.29 is 8.42 Å². The lowest BCUT2D eigenvalue weighted by molar-refractivity contribution is 0.556. The van der Waals surface area contributed by atoms with Gasteiger partial charge in [0.05, 0.1) is 11.6 Å². The molecular weight excluding hydrogens is 490 g/mol. The molecule has 0 fully saturated rings. The average molecular weight is 516 g/mol. The lowest BCUT2D eigenvalue weighted by atomic mass is 10.2. The van der Waals surface area contributed by atoms with Crippen molar-refractivity contribution in [3.8, 4) is 5.69 Å². The molecule has 0 saturated carbocycles. The van der Waals surface area contributed by atoms with Gasteiger partial charge in [-0.25, -0.2) is 13.1 Å². The number of para-hydroxylation sites is 1. The van der Waals surface area contributed by atoms with Crippen molar-refractivity contribution in [1.82, 2.24) is 24.5 Å². The molecule has 2 heterocycles. The predicted molar refractivity (Wildman–Crippen MR) is 143 cm³/mol. The molecule has 3 aromatic carbocycles. The van der Waals surface area contributed by atoms with Crippen LogP contribution >= 0.6 is 11.8 Å². The molecule has 1 unspecified atom stereocenters. The number of thioether (sulfide) groups is 1. The van der Waals surface area contributed by atoms with Crippen LogP contribution < -0.4 is 4.72 Å². The highest BCUT2D eigenvalue weighted by Crippen LogP contribution is 2.29. The van der Waals surface area contributed by atoms with E-state index in [4.69, 9.17) is 0 Å². The van der Waals surface area contributed by atoms with E-state index in [9.17, 15) is 8.42 Å². The summed E-state index contributed by atoms with van der Waals surface area (Å²) < 4.78 is 31.6. The second-order valence-electron chi connectivity index (χ2n) is 8.46. The Labute approximate surface area is 214 Å². The number of nitrogens with one attached hydrogen (secondary N) is 1. The van der Waals surface area contributed by atoms with E-state index in [-0.39, 0.29) is 4.90 Å². The van der Waals surface area contributed by atoms with Gasteiger partial charge in [-0.15, -0.1) is 10.2 Å². The van der Waals surface area contributed by atoms with Gasteiger partial charge in [0.1, 0.15) is 4.90 Å². The smallest absolute Gasteiger partial charge is 0.243 e. The molecule has 0 spiro atoms. The molecule has 0 bridgehead atoms. The van der Waals surface area contributed by atoms with Gasteiger partial charge in [0.25, 0.3) is 0 Å². The second kappa shape index (κ2) is 10.2. The van der Waals surface area contributed by atoms with Gasteiger partial charge in [-0.05, 0) is 43.7 Å². The third-order valence-corrected chi connectivity index (χ3v) is 8.34. The number of hydrogen-bond acceptors (Lipinski definition) is 6. The van der Waals surface area contributed by atoms with Gasteiger partial charge in [0, 0.05) is 23.0 Å². The molecule has 36 heavy (non-hydrogen) atoms. The van der Waals surface area contributed by atoms with Gasteiger partial charge >= 0.3 is 0 Å². The number of benzene rings is 3. The summed E-state index contributed by atoms with van der Waals surface area (Å²) in [6.45, 7) is 3.80. The van der Waals surface area contributed by atoms with Crippen molar-refractivity contribution in [2.75, 3.05) is 0 Å². The van der Waals surface area contributed by atoms with Gasteiger partial charge in [-0.2, -0.15) is 0 Å². The fourth-order valence-corrected chi connectivity index (χ4v) is 6.25. The summed E-state index contributed by atoms with van der Waals surface area (Å²) >= 11 is 1.56. The zero-order valence-electron chi connectivity index (χ0n) is 19.9. The fraction of sp³-hybridized carbons (Fsp3) is 0.148. The first-order chi connectivity index (χ1) is 17.4. The van der Waals surface area contributed by atoms with Crippen LogP contribution in [-0.4, -0.2) is 28.2 Å². The molecule has 7 nitrogen and oxygen atoms in total. The maximum atomic E-state index is 13.4. The van der Waals surface area contributed by atoms with Crippen LogP contribution in [0.5, 0.6) is 0 Å². The maximum absolute atomic E-state index is 13.4. The third kappa shape index (κ3) is 5.04. The first-order valence-electron chi connectivity index (χ1n) is 11.5. The van der Waals surface area contributed by atoms with E-state index >= 15 is 0 Å². The Hall–Kier alpha value is -3.53. The highest BCUT2D eigenvalue weighted by Gasteiger charge is 2.26. The van der Waals surface area contributed by atoms with Crippen molar-refractivity contribution in [1.29, 1.82) is 0 Å². The van der Waals surface area contributed by atoms with Gasteiger partial charge in [-0.3, -0.25) is 9.55 Å². The van der Waals surface area contributed by atoms with E-state index in [1.807, 2.05) is 66.1 Å². The van der Waals surface area contributed by atoms with Crippen molar-refractivity contribution in [3.05, 3.63) is 108 Å². The van der Waals surface area contributed by atoms with Crippen LogP contribution in [-0.2, 0) is 15.8 Å².